The molecule has 4 heteroatoms. The summed E-state index contributed by atoms with van der Waals surface area (Å²) in [7, 11) is 0. The zero-order valence-corrected chi connectivity index (χ0v) is 11.4. The molecule has 0 radical (unpaired) electrons. The molecule has 0 amide bonds. The van der Waals surface area contributed by atoms with Crippen LogP contribution in [0.5, 0.6) is 0 Å². The van der Waals surface area contributed by atoms with E-state index in [1.54, 1.807) is 11.3 Å². The Kier molecular flexibility index (Phi) is 3.34. The van der Waals surface area contributed by atoms with Crippen LogP contribution in [0.1, 0.15) is 29.7 Å². The predicted molar refractivity (Wildman–Crippen MR) is 75.5 cm³/mol. The third-order valence-corrected chi connectivity index (χ3v) is 4.43. The topological polar surface area (TPSA) is 50.2 Å². The Balaban J connectivity index is 1.80. The second-order valence-corrected chi connectivity index (χ2v) is 5.73. The van der Waals surface area contributed by atoms with Crippen molar-refractivity contribution in [2.75, 3.05) is 0 Å². The molecule has 19 heavy (non-hydrogen) atoms. The van der Waals surface area contributed by atoms with E-state index in [1.165, 1.54) is 30.4 Å². The molecule has 1 aromatic heterocycles. The fourth-order valence-corrected chi connectivity index (χ4v) is 3.35. The molecule has 98 valence electrons. The molecule has 1 N–H and O–H groups in total. The van der Waals surface area contributed by atoms with Crippen molar-refractivity contribution in [2.45, 2.75) is 32.1 Å². The van der Waals surface area contributed by atoms with Gasteiger partial charge in [0.2, 0.25) is 0 Å². The molecule has 0 atom stereocenters. The lowest BCUT2D eigenvalue weighted by molar-refractivity contribution is -0.136. The quantitative estimate of drug-likeness (QED) is 0.929. The minimum Gasteiger partial charge on any atom is -0.481 e. The smallest absolute Gasteiger partial charge is 0.303 e. The average Bonchev–Trinajstić information content (AvgIpc) is 3.04. The van der Waals surface area contributed by atoms with E-state index >= 15 is 0 Å². The summed E-state index contributed by atoms with van der Waals surface area (Å²) in [5, 5.41) is 11.6. The molecule has 2 aromatic rings. The highest BCUT2D eigenvalue weighted by molar-refractivity contribution is 7.13. The second kappa shape index (κ2) is 5.13. The zero-order valence-electron chi connectivity index (χ0n) is 10.6. The van der Waals surface area contributed by atoms with E-state index in [0.29, 0.717) is 6.42 Å². The number of aryl methyl sites for hydroxylation is 3. The molecule has 0 saturated carbocycles. The first-order valence-electron chi connectivity index (χ1n) is 6.51. The first-order valence-corrected chi connectivity index (χ1v) is 7.39. The maximum absolute atomic E-state index is 10.6. The molecule has 1 aromatic carbocycles. The summed E-state index contributed by atoms with van der Waals surface area (Å²) in [6, 6.07) is 6.57. The number of nitrogens with zero attached hydrogens (tertiary/aromatic N) is 1. The molecular weight excluding hydrogens is 258 g/mol. The van der Waals surface area contributed by atoms with Crippen LogP contribution in [0.25, 0.3) is 10.6 Å². The van der Waals surface area contributed by atoms with Gasteiger partial charge in [-0.3, -0.25) is 4.79 Å². The van der Waals surface area contributed by atoms with Crippen molar-refractivity contribution in [1.82, 2.24) is 4.98 Å². The molecule has 3 nitrogen and oxygen atoms in total. The van der Waals surface area contributed by atoms with Crippen molar-refractivity contribution in [3.05, 3.63) is 40.4 Å². The Morgan fingerprint density at radius 1 is 1.32 bits per heavy atom. The summed E-state index contributed by atoms with van der Waals surface area (Å²) in [4.78, 5) is 15.1. The summed E-state index contributed by atoms with van der Waals surface area (Å²) in [5.74, 6) is -0.771. The summed E-state index contributed by atoms with van der Waals surface area (Å²) in [6.45, 7) is 0. The summed E-state index contributed by atoms with van der Waals surface area (Å²) in [6.07, 6.45) is 4.27. The number of fused-ring (bicyclic) bond motifs is 1. The van der Waals surface area contributed by atoms with Gasteiger partial charge in [-0.15, -0.1) is 11.3 Å². The number of rotatable bonds is 4. The molecular formula is C15H15NO2S. The van der Waals surface area contributed by atoms with E-state index in [4.69, 9.17) is 5.11 Å². The van der Waals surface area contributed by atoms with Crippen LogP contribution >= 0.6 is 11.3 Å². The third-order valence-electron chi connectivity index (χ3n) is 3.49. The van der Waals surface area contributed by atoms with Crippen molar-refractivity contribution in [3.8, 4) is 10.6 Å². The fourth-order valence-electron chi connectivity index (χ4n) is 2.49. The van der Waals surface area contributed by atoms with Crippen LogP contribution in [0.2, 0.25) is 0 Å². The predicted octanol–water partition coefficient (Wildman–Crippen LogP) is 3.32. The third kappa shape index (κ3) is 2.68. The van der Waals surface area contributed by atoms with Crippen LogP contribution in [-0.2, 0) is 24.1 Å². The molecule has 1 aliphatic carbocycles. The van der Waals surface area contributed by atoms with Crippen molar-refractivity contribution < 1.29 is 9.90 Å². The number of thiazole rings is 1. The van der Waals surface area contributed by atoms with Gasteiger partial charge in [-0.05, 0) is 36.5 Å². The first kappa shape index (κ1) is 12.4. The molecule has 0 unspecified atom stereocenters. The number of aromatic nitrogens is 1. The monoisotopic (exact) mass is 273 g/mol. The Hall–Kier alpha value is -1.68. The SMILES string of the molecule is O=C(O)CCc1csc(-c2ccc3c(c2)CCC3)n1. The van der Waals surface area contributed by atoms with Gasteiger partial charge in [0.25, 0.3) is 0 Å². The lowest BCUT2D eigenvalue weighted by atomic mass is 10.1. The van der Waals surface area contributed by atoms with Gasteiger partial charge in [-0.2, -0.15) is 0 Å². The number of hydrogen-bond acceptors (Lipinski definition) is 3. The number of aliphatic carboxylic acids is 1. The van der Waals surface area contributed by atoms with E-state index in [-0.39, 0.29) is 6.42 Å². The van der Waals surface area contributed by atoms with Crippen LogP contribution in [0.4, 0.5) is 0 Å². The van der Waals surface area contributed by atoms with Gasteiger partial charge in [-0.1, -0.05) is 12.1 Å². The number of benzene rings is 1. The number of hydrogen-bond donors (Lipinski definition) is 1. The van der Waals surface area contributed by atoms with Gasteiger partial charge in [0.15, 0.2) is 0 Å². The van der Waals surface area contributed by atoms with Crippen LogP contribution in [-0.4, -0.2) is 16.1 Å². The highest BCUT2D eigenvalue weighted by Gasteiger charge is 2.13. The van der Waals surface area contributed by atoms with Gasteiger partial charge in [0.05, 0.1) is 12.1 Å². The van der Waals surface area contributed by atoms with Crippen LogP contribution < -0.4 is 0 Å². The molecule has 0 aliphatic heterocycles. The van der Waals surface area contributed by atoms with Gasteiger partial charge in [-0.25, -0.2) is 4.98 Å². The van der Waals surface area contributed by atoms with Gasteiger partial charge >= 0.3 is 5.97 Å². The van der Waals surface area contributed by atoms with Crippen molar-refractivity contribution >= 4 is 17.3 Å². The van der Waals surface area contributed by atoms with E-state index in [0.717, 1.165) is 16.3 Å². The highest BCUT2D eigenvalue weighted by atomic mass is 32.1. The molecule has 0 fully saturated rings. The number of carboxylic acid groups (broad SMARTS) is 1. The molecule has 3 rings (SSSR count). The lowest BCUT2D eigenvalue weighted by Gasteiger charge is -2.01. The summed E-state index contributed by atoms with van der Waals surface area (Å²) < 4.78 is 0. The standard InChI is InChI=1S/C15H15NO2S/c17-14(18)7-6-13-9-19-15(16-13)12-5-4-10-2-1-3-11(10)8-12/h4-5,8-9H,1-3,6-7H2,(H,17,18). The minimum absolute atomic E-state index is 0.146. The van der Waals surface area contributed by atoms with Gasteiger partial charge in [0, 0.05) is 17.4 Å². The lowest BCUT2D eigenvalue weighted by Crippen LogP contribution is -1.97. The van der Waals surface area contributed by atoms with E-state index in [2.05, 4.69) is 23.2 Å². The average molecular weight is 273 g/mol. The van der Waals surface area contributed by atoms with Crippen LogP contribution in [0.15, 0.2) is 23.6 Å². The maximum atomic E-state index is 10.6. The van der Waals surface area contributed by atoms with E-state index in [1.807, 2.05) is 5.38 Å². The van der Waals surface area contributed by atoms with E-state index in [9.17, 15) is 4.79 Å². The second-order valence-electron chi connectivity index (χ2n) is 4.87. The summed E-state index contributed by atoms with van der Waals surface area (Å²) >= 11 is 1.60. The number of carbonyl (C=O) groups is 1. The zero-order chi connectivity index (χ0) is 13.2. The fraction of sp³-hybridized carbons (Fsp3) is 0.333. The first-order chi connectivity index (χ1) is 9.22. The van der Waals surface area contributed by atoms with Gasteiger partial charge in [0.1, 0.15) is 5.01 Å². The molecule has 0 saturated heterocycles. The van der Waals surface area contributed by atoms with Crippen LogP contribution in [0, 0.1) is 0 Å². The molecule has 0 bridgehead atoms. The van der Waals surface area contributed by atoms with Gasteiger partial charge < -0.3 is 5.11 Å². The Bertz CT molecular complexity index is 618. The maximum Gasteiger partial charge on any atom is 0.303 e. The van der Waals surface area contributed by atoms with E-state index < -0.39 is 5.97 Å². The minimum atomic E-state index is -0.771. The summed E-state index contributed by atoms with van der Waals surface area (Å²) in [5.41, 5.74) is 4.95. The largest absolute Gasteiger partial charge is 0.481 e. The molecule has 1 aliphatic rings. The number of carboxylic acids is 1. The van der Waals surface area contributed by atoms with Crippen molar-refractivity contribution in [2.24, 2.45) is 0 Å². The van der Waals surface area contributed by atoms with Crippen molar-refractivity contribution in [3.63, 3.8) is 0 Å². The van der Waals surface area contributed by atoms with Crippen molar-refractivity contribution in [1.29, 1.82) is 0 Å². The van der Waals surface area contributed by atoms with Crippen LogP contribution in [0.3, 0.4) is 0 Å². The highest BCUT2D eigenvalue weighted by Crippen LogP contribution is 2.30. The Labute approximate surface area is 115 Å². The Morgan fingerprint density at radius 3 is 3.00 bits per heavy atom. The normalized spacial score (nSPS) is 13.5. The molecule has 0 spiro atoms. The molecule has 1 heterocycles. The Morgan fingerprint density at radius 2 is 2.16 bits per heavy atom.